The van der Waals surface area contributed by atoms with Gasteiger partial charge in [-0.2, -0.15) is 13.2 Å². The van der Waals surface area contributed by atoms with E-state index >= 15 is 0 Å². The van der Waals surface area contributed by atoms with Crippen LogP contribution in [-0.4, -0.2) is 12.5 Å². The molecule has 8 heteroatoms. The van der Waals surface area contributed by atoms with Crippen LogP contribution in [0.4, 0.5) is 23.2 Å². The molecule has 2 aromatic rings. The highest BCUT2D eigenvalue weighted by atomic mass is 19.4. The Kier molecular flexibility index (Phi) is 4.53. The molecule has 2 aliphatic heterocycles. The van der Waals surface area contributed by atoms with E-state index in [2.05, 4.69) is 5.32 Å². The molecule has 2 aromatic carbocycles. The maximum absolute atomic E-state index is 14.7. The molecular formula is C20H18F4N2O2. The summed E-state index contributed by atoms with van der Waals surface area (Å²) >= 11 is 0. The van der Waals surface area contributed by atoms with Crippen molar-refractivity contribution in [3.05, 3.63) is 64.5 Å². The molecule has 0 spiro atoms. The topological polar surface area (TPSA) is 64.4 Å². The van der Waals surface area contributed by atoms with Crippen LogP contribution in [0.2, 0.25) is 0 Å². The number of anilines is 1. The molecule has 148 valence electrons. The zero-order valence-corrected chi connectivity index (χ0v) is 14.7. The first kappa shape index (κ1) is 18.7. The quantitative estimate of drug-likeness (QED) is 0.733. The maximum atomic E-state index is 14.7. The largest absolute Gasteiger partial charge is 0.416 e. The third-order valence-corrected chi connectivity index (χ3v) is 5.41. The molecule has 0 bridgehead atoms. The Hall–Kier alpha value is -2.61. The van der Waals surface area contributed by atoms with Gasteiger partial charge in [-0.15, -0.1) is 0 Å². The van der Waals surface area contributed by atoms with Crippen molar-refractivity contribution in [3.8, 4) is 0 Å². The summed E-state index contributed by atoms with van der Waals surface area (Å²) in [7, 11) is 0. The summed E-state index contributed by atoms with van der Waals surface area (Å²) in [6.45, 7) is 0.437. The SMILES string of the molecule is NC(=O)c1ccc([C@H]2Nc3ccc(C(F)(F)F)cc3[C@@H]3OCCC[C@H]23)c(F)c1. The van der Waals surface area contributed by atoms with E-state index in [9.17, 15) is 22.4 Å². The van der Waals surface area contributed by atoms with Gasteiger partial charge >= 0.3 is 6.18 Å². The highest BCUT2D eigenvalue weighted by Crippen LogP contribution is 2.50. The number of hydrogen-bond acceptors (Lipinski definition) is 3. The van der Waals surface area contributed by atoms with Crippen molar-refractivity contribution < 1.29 is 27.1 Å². The second-order valence-electron chi connectivity index (χ2n) is 7.12. The molecule has 1 amide bonds. The van der Waals surface area contributed by atoms with E-state index in [0.29, 0.717) is 29.8 Å². The minimum atomic E-state index is -4.45. The predicted molar refractivity (Wildman–Crippen MR) is 94.1 cm³/mol. The highest BCUT2D eigenvalue weighted by molar-refractivity contribution is 5.92. The summed E-state index contributed by atoms with van der Waals surface area (Å²) in [4.78, 5) is 11.3. The van der Waals surface area contributed by atoms with Crippen LogP contribution in [0.15, 0.2) is 36.4 Å². The van der Waals surface area contributed by atoms with Crippen molar-refractivity contribution in [1.82, 2.24) is 0 Å². The third-order valence-electron chi connectivity index (χ3n) is 5.41. The normalized spacial score (nSPS) is 24.1. The minimum Gasteiger partial charge on any atom is -0.377 e. The van der Waals surface area contributed by atoms with Gasteiger partial charge in [-0.3, -0.25) is 4.79 Å². The molecule has 0 unspecified atom stereocenters. The van der Waals surface area contributed by atoms with Crippen LogP contribution >= 0.6 is 0 Å². The van der Waals surface area contributed by atoms with Crippen molar-refractivity contribution in [3.63, 3.8) is 0 Å². The van der Waals surface area contributed by atoms with Crippen LogP contribution in [-0.2, 0) is 10.9 Å². The van der Waals surface area contributed by atoms with Crippen LogP contribution in [0.3, 0.4) is 0 Å². The number of hydrogen-bond donors (Lipinski definition) is 2. The number of nitrogens with two attached hydrogens (primary N) is 1. The summed E-state index contributed by atoms with van der Waals surface area (Å²) in [6.07, 6.45) is -3.61. The Bertz CT molecular complexity index is 929. The van der Waals surface area contributed by atoms with Crippen molar-refractivity contribution in [2.24, 2.45) is 11.7 Å². The van der Waals surface area contributed by atoms with E-state index in [-0.39, 0.29) is 11.5 Å². The van der Waals surface area contributed by atoms with E-state index in [1.165, 1.54) is 18.2 Å². The molecule has 4 nitrogen and oxygen atoms in total. The number of alkyl halides is 3. The molecule has 3 atom stereocenters. The van der Waals surface area contributed by atoms with Gasteiger partial charge in [0.05, 0.1) is 17.7 Å². The van der Waals surface area contributed by atoms with Gasteiger partial charge in [0.15, 0.2) is 0 Å². The maximum Gasteiger partial charge on any atom is 0.416 e. The van der Waals surface area contributed by atoms with Crippen LogP contribution < -0.4 is 11.1 Å². The number of primary amides is 1. The van der Waals surface area contributed by atoms with E-state index < -0.39 is 35.6 Å². The molecule has 1 fully saturated rings. The van der Waals surface area contributed by atoms with E-state index in [0.717, 1.165) is 24.6 Å². The number of rotatable bonds is 2. The number of fused-ring (bicyclic) bond motifs is 3. The monoisotopic (exact) mass is 394 g/mol. The number of carbonyl (C=O) groups is 1. The van der Waals surface area contributed by atoms with E-state index in [1.54, 1.807) is 0 Å². The van der Waals surface area contributed by atoms with Crippen molar-refractivity contribution in [2.45, 2.75) is 31.2 Å². The standard InChI is InChI=1S/C20H18F4N2O2/c21-15-8-10(19(25)27)3-5-12(15)17-13-2-1-7-28-18(13)14-9-11(20(22,23)24)4-6-16(14)26-17/h3-6,8-9,13,17-18,26H,1-2,7H2,(H2,25,27)/t13-,17-,18-/m1/s1. The van der Waals surface area contributed by atoms with Gasteiger partial charge in [0.2, 0.25) is 5.91 Å². The molecule has 0 radical (unpaired) electrons. The number of nitrogens with one attached hydrogen (secondary N) is 1. The molecular weight excluding hydrogens is 376 g/mol. The van der Waals surface area contributed by atoms with Crippen LogP contribution in [0.1, 0.15) is 52.0 Å². The molecule has 2 aliphatic rings. The molecule has 0 saturated carbocycles. The lowest BCUT2D eigenvalue weighted by Crippen LogP contribution is -2.36. The molecule has 2 heterocycles. The fraction of sp³-hybridized carbons (Fsp3) is 0.350. The molecule has 4 rings (SSSR count). The van der Waals surface area contributed by atoms with Gasteiger partial charge in [0.1, 0.15) is 5.82 Å². The molecule has 0 aromatic heterocycles. The summed E-state index contributed by atoms with van der Waals surface area (Å²) in [5, 5.41) is 3.18. The Morgan fingerprint density at radius 2 is 1.93 bits per heavy atom. The number of amides is 1. The average molecular weight is 394 g/mol. The minimum absolute atomic E-state index is 0.0590. The van der Waals surface area contributed by atoms with Crippen LogP contribution in [0, 0.1) is 11.7 Å². The summed E-state index contributed by atoms with van der Waals surface area (Å²) < 4.78 is 59.9. The first-order valence-corrected chi connectivity index (χ1v) is 8.94. The second-order valence-corrected chi connectivity index (χ2v) is 7.12. The number of halogens is 4. The lowest BCUT2D eigenvalue weighted by molar-refractivity contribution is -0.137. The third kappa shape index (κ3) is 3.22. The number of ether oxygens (including phenoxy) is 1. The lowest BCUT2D eigenvalue weighted by Gasteiger charge is -2.43. The summed E-state index contributed by atoms with van der Waals surface area (Å²) in [5.74, 6) is -1.56. The Balaban J connectivity index is 1.77. The smallest absolute Gasteiger partial charge is 0.377 e. The van der Waals surface area contributed by atoms with Gasteiger partial charge in [-0.25, -0.2) is 4.39 Å². The lowest BCUT2D eigenvalue weighted by atomic mass is 9.77. The molecule has 0 aliphatic carbocycles. The Labute approximate surface area is 158 Å². The van der Waals surface area contributed by atoms with Gasteiger partial charge in [-0.05, 0) is 43.2 Å². The number of carbonyl (C=O) groups excluding carboxylic acids is 1. The van der Waals surface area contributed by atoms with Gasteiger partial charge in [0.25, 0.3) is 0 Å². The number of benzene rings is 2. The van der Waals surface area contributed by atoms with Gasteiger partial charge in [-0.1, -0.05) is 6.07 Å². The molecule has 3 N–H and O–H groups in total. The van der Waals surface area contributed by atoms with Crippen LogP contribution in [0.5, 0.6) is 0 Å². The fourth-order valence-corrected chi connectivity index (χ4v) is 4.09. The summed E-state index contributed by atoms with van der Waals surface area (Å²) in [6, 6.07) is 7.00. The summed E-state index contributed by atoms with van der Waals surface area (Å²) in [5.41, 5.74) is 5.77. The molecule has 28 heavy (non-hydrogen) atoms. The van der Waals surface area contributed by atoms with Crippen molar-refractivity contribution >= 4 is 11.6 Å². The Morgan fingerprint density at radius 1 is 1.14 bits per heavy atom. The predicted octanol–water partition coefficient (Wildman–Crippen LogP) is 4.58. The first-order chi connectivity index (χ1) is 13.3. The van der Waals surface area contributed by atoms with Crippen molar-refractivity contribution in [2.75, 3.05) is 11.9 Å². The van der Waals surface area contributed by atoms with Crippen molar-refractivity contribution in [1.29, 1.82) is 0 Å². The zero-order chi connectivity index (χ0) is 20.1. The first-order valence-electron chi connectivity index (χ1n) is 8.94. The highest BCUT2D eigenvalue weighted by Gasteiger charge is 2.42. The average Bonchev–Trinajstić information content (AvgIpc) is 2.66. The second kappa shape index (κ2) is 6.77. The Morgan fingerprint density at radius 3 is 2.61 bits per heavy atom. The zero-order valence-electron chi connectivity index (χ0n) is 14.7. The van der Waals surface area contributed by atoms with Gasteiger partial charge in [0, 0.05) is 34.9 Å². The van der Waals surface area contributed by atoms with Crippen LogP contribution in [0.25, 0.3) is 0 Å². The fourth-order valence-electron chi connectivity index (χ4n) is 4.09. The van der Waals surface area contributed by atoms with E-state index in [1.807, 2.05) is 0 Å². The van der Waals surface area contributed by atoms with Gasteiger partial charge < -0.3 is 15.8 Å². The molecule has 1 saturated heterocycles. The van der Waals surface area contributed by atoms with E-state index in [4.69, 9.17) is 10.5 Å².